The summed E-state index contributed by atoms with van der Waals surface area (Å²) in [7, 11) is 1.64. The fourth-order valence-electron chi connectivity index (χ4n) is 2.14. The van der Waals surface area contributed by atoms with Gasteiger partial charge in [-0.3, -0.25) is 4.98 Å². The molecule has 0 radical (unpaired) electrons. The minimum atomic E-state index is -0.465. The summed E-state index contributed by atoms with van der Waals surface area (Å²) in [6.07, 6.45) is 2.76. The average Bonchev–Trinajstić information content (AvgIpc) is 2.45. The van der Waals surface area contributed by atoms with E-state index in [1.54, 1.807) is 13.3 Å². The molecule has 0 fully saturated rings. The van der Waals surface area contributed by atoms with Crippen LogP contribution in [0.15, 0.2) is 42.6 Å². The Morgan fingerprint density at radius 2 is 2.11 bits per heavy atom. The van der Waals surface area contributed by atoms with Crippen molar-refractivity contribution in [2.24, 2.45) is 0 Å². The van der Waals surface area contributed by atoms with Gasteiger partial charge in [-0.15, -0.1) is 0 Å². The number of hydrogen-bond donors (Lipinski definition) is 1. The summed E-state index contributed by atoms with van der Waals surface area (Å²) in [5.41, 5.74) is 3.01. The van der Waals surface area contributed by atoms with Crippen LogP contribution in [0.1, 0.15) is 29.3 Å². The molecule has 19 heavy (non-hydrogen) atoms. The monoisotopic (exact) mass is 257 g/mol. The van der Waals surface area contributed by atoms with Crippen LogP contribution in [-0.4, -0.2) is 17.2 Å². The molecule has 0 bridgehead atoms. The van der Waals surface area contributed by atoms with E-state index in [0.717, 1.165) is 29.0 Å². The van der Waals surface area contributed by atoms with Crippen molar-refractivity contribution in [1.29, 1.82) is 0 Å². The van der Waals surface area contributed by atoms with Crippen molar-refractivity contribution in [1.82, 2.24) is 4.98 Å². The molecule has 0 saturated carbocycles. The largest absolute Gasteiger partial charge is 0.497 e. The Labute approximate surface area is 113 Å². The van der Waals surface area contributed by atoms with E-state index in [0.29, 0.717) is 6.42 Å². The Balaban J connectivity index is 2.02. The van der Waals surface area contributed by atoms with E-state index in [1.165, 1.54) is 0 Å². The van der Waals surface area contributed by atoms with Crippen molar-refractivity contribution in [3.8, 4) is 5.75 Å². The zero-order chi connectivity index (χ0) is 13.7. The second kappa shape index (κ2) is 6.34. The Morgan fingerprint density at radius 3 is 2.74 bits per heavy atom. The molecule has 2 aromatic rings. The number of pyridine rings is 1. The number of methoxy groups -OCH3 is 1. The van der Waals surface area contributed by atoms with Crippen molar-refractivity contribution in [3.63, 3.8) is 0 Å². The normalized spacial score (nSPS) is 12.2. The van der Waals surface area contributed by atoms with Gasteiger partial charge in [0.1, 0.15) is 5.75 Å². The number of ether oxygens (including phenoxy) is 1. The second-order valence-corrected chi connectivity index (χ2v) is 4.60. The van der Waals surface area contributed by atoms with E-state index in [-0.39, 0.29) is 0 Å². The third-order valence-corrected chi connectivity index (χ3v) is 3.24. The van der Waals surface area contributed by atoms with Gasteiger partial charge in [-0.2, -0.15) is 0 Å². The zero-order valence-electron chi connectivity index (χ0n) is 11.3. The van der Waals surface area contributed by atoms with Gasteiger partial charge < -0.3 is 9.84 Å². The molecule has 3 nitrogen and oxygen atoms in total. The van der Waals surface area contributed by atoms with E-state index < -0.39 is 6.10 Å². The minimum Gasteiger partial charge on any atom is -0.497 e. The Hall–Kier alpha value is -1.87. The summed E-state index contributed by atoms with van der Waals surface area (Å²) in [6, 6.07) is 11.6. The lowest BCUT2D eigenvalue weighted by atomic mass is 9.99. The van der Waals surface area contributed by atoms with Gasteiger partial charge in [0.05, 0.1) is 13.2 Å². The lowest BCUT2D eigenvalue weighted by Gasteiger charge is -2.14. The molecule has 1 atom stereocenters. The van der Waals surface area contributed by atoms with Crippen LogP contribution < -0.4 is 4.74 Å². The zero-order valence-corrected chi connectivity index (χ0v) is 11.3. The highest BCUT2D eigenvalue weighted by molar-refractivity contribution is 5.36. The second-order valence-electron chi connectivity index (χ2n) is 4.60. The summed E-state index contributed by atoms with van der Waals surface area (Å²) < 4.78 is 5.17. The number of benzene rings is 1. The number of hydrogen-bond acceptors (Lipinski definition) is 3. The maximum atomic E-state index is 10.3. The molecule has 0 saturated heterocycles. The molecule has 0 aliphatic heterocycles. The molecule has 1 heterocycles. The van der Waals surface area contributed by atoms with E-state index in [1.807, 2.05) is 43.3 Å². The number of aliphatic hydroxyl groups is 1. The molecule has 0 aliphatic rings. The minimum absolute atomic E-state index is 0.465. The van der Waals surface area contributed by atoms with Crippen molar-refractivity contribution >= 4 is 0 Å². The molecule has 1 N–H and O–H groups in total. The van der Waals surface area contributed by atoms with Crippen LogP contribution in [0.25, 0.3) is 0 Å². The lowest BCUT2D eigenvalue weighted by molar-refractivity contribution is 0.166. The number of aliphatic hydroxyl groups excluding tert-OH is 1. The molecular weight excluding hydrogens is 238 g/mol. The van der Waals surface area contributed by atoms with Crippen molar-refractivity contribution in [3.05, 3.63) is 59.4 Å². The van der Waals surface area contributed by atoms with Gasteiger partial charge in [-0.25, -0.2) is 0 Å². The summed E-state index contributed by atoms with van der Waals surface area (Å²) in [4.78, 5) is 4.26. The molecule has 1 aromatic carbocycles. The third kappa shape index (κ3) is 3.55. The fraction of sp³-hybridized carbons (Fsp3) is 0.312. The summed E-state index contributed by atoms with van der Waals surface area (Å²) in [5.74, 6) is 0.818. The van der Waals surface area contributed by atoms with Gasteiger partial charge in [0.2, 0.25) is 0 Å². The van der Waals surface area contributed by atoms with Gasteiger partial charge in [0, 0.05) is 11.9 Å². The maximum absolute atomic E-state index is 10.3. The molecule has 100 valence electrons. The van der Waals surface area contributed by atoms with Crippen LogP contribution >= 0.6 is 0 Å². The van der Waals surface area contributed by atoms with Crippen LogP contribution in [0, 0.1) is 6.92 Å². The van der Waals surface area contributed by atoms with Gasteiger partial charge >= 0.3 is 0 Å². The summed E-state index contributed by atoms with van der Waals surface area (Å²) >= 11 is 0. The number of aryl methyl sites for hydroxylation is 2. The molecule has 0 spiro atoms. The molecule has 3 heteroatoms. The summed E-state index contributed by atoms with van der Waals surface area (Å²) in [6.45, 7) is 1.99. The molecule has 1 unspecified atom stereocenters. The fourth-order valence-corrected chi connectivity index (χ4v) is 2.14. The third-order valence-electron chi connectivity index (χ3n) is 3.24. The number of aromatic nitrogens is 1. The maximum Gasteiger partial charge on any atom is 0.119 e. The van der Waals surface area contributed by atoms with Gasteiger partial charge in [0.25, 0.3) is 0 Å². The topological polar surface area (TPSA) is 42.4 Å². The first-order valence-corrected chi connectivity index (χ1v) is 6.43. The standard InChI is InChI=1S/C16H19NO2/c1-12-11-14(19-2)7-8-15(12)16(18)9-6-13-5-3-4-10-17-13/h3-5,7-8,10-11,16,18H,6,9H2,1-2H3. The predicted octanol–water partition coefficient (Wildman–Crippen LogP) is 3.06. The Bertz CT molecular complexity index is 526. The highest BCUT2D eigenvalue weighted by Gasteiger charge is 2.11. The van der Waals surface area contributed by atoms with E-state index in [4.69, 9.17) is 4.74 Å². The highest BCUT2D eigenvalue weighted by atomic mass is 16.5. The lowest BCUT2D eigenvalue weighted by Crippen LogP contribution is -2.03. The molecular formula is C16H19NO2. The molecule has 0 amide bonds. The van der Waals surface area contributed by atoms with Gasteiger partial charge in [-0.05, 0) is 55.2 Å². The molecule has 1 aromatic heterocycles. The molecule has 2 rings (SSSR count). The smallest absolute Gasteiger partial charge is 0.119 e. The van der Waals surface area contributed by atoms with E-state index >= 15 is 0 Å². The first-order valence-electron chi connectivity index (χ1n) is 6.43. The Kier molecular flexibility index (Phi) is 4.53. The van der Waals surface area contributed by atoms with Crippen LogP contribution in [0.2, 0.25) is 0 Å². The number of nitrogens with zero attached hydrogens (tertiary/aromatic N) is 1. The molecule has 0 aliphatic carbocycles. The first kappa shape index (κ1) is 13.6. The first-order chi connectivity index (χ1) is 9.20. The highest BCUT2D eigenvalue weighted by Crippen LogP contribution is 2.25. The van der Waals surface area contributed by atoms with Crippen LogP contribution in [0.5, 0.6) is 5.75 Å². The van der Waals surface area contributed by atoms with Crippen molar-refractivity contribution in [2.75, 3.05) is 7.11 Å². The van der Waals surface area contributed by atoms with E-state index in [9.17, 15) is 5.11 Å². The predicted molar refractivity (Wildman–Crippen MR) is 75.2 cm³/mol. The van der Waals surface area contributed by atoms with Gasteiger partial charge in [0.15, 0.2) is 0 Å². The van der Waals surface area contributed by atoms with E-state index in [2.05, 4.69) is 4.98 Å². The quantitative estimate of drug-likeness (QED) is 0.895. The average molecular weight is 257 g/mol. The Morgan fingerprint density at radius 1 is 1.26 bits per heavy atom. The number of rotatable bonds is 5. The summed E-state index contributed by atoms with van der Waals surface area (Å²) in [5, 5.41) is 10.3. The van der Waals surface area contributed by atoms with Crippen molar-refractivity contribution < 1.29 is 9.84 Å². The van der Waals surface area contributed by atoms with Gasteiger partial charge in [-0.1, -0.05) is 12.1 Å². The SMILES string of the molecule is COc1ccc(C(O)CCc2ccccn2)c(C)c1. The van der Waals surface area contributed by atoms with Crippen LogP contribution in [0.3, 0.4) is 0 Å². The van der Waals surface area contributed by atoms with Crippen LogP contribution in [0.4, 0.5) is 0 Å². The van der Waals surface area contributed by atoms with Crippen LogP contribution in [-0.2, 0) is 6.42 Å². The van der Waals surface area contributed by atoms with Crippen molar-refractivity contribution in [2.45, 2.75) is 25.9 Å².